The zero-order chi connectivity index (χ0) is 20.9. The van der Waals surface area contributed by atoms with E-state index in [2.05, 4.69) is 5.16 Å². The molecule has 1 amide bonds. The summed E-state index contributed by atoms with van der Waals surface area (Å²) < 4.78 is 43.9. The smallest absolute Gasteiger partial charge is 0.390 e. The fourth-order valence-electron chi connectivity index (χ4n) is 3.11. The first-order chi connectivity index (χ1) is 13.9. The van der Waals surface area contributed by atoms with Crippen molar-refractivity contribution in [2.24, 2.45) is 5.16 Å². The van der Waals surface area contributed by atoms with Crippen molar-refractivity contribution in [3.05, 3.63) is 71.3 Å². The van der Waals surface area contributed by atoms with Gasteiger partial charge < -0.3 is 14.5 Å². The Hall–Kier alpha value is -2.87. The number of hydrogen-bond acceptors (Lipinski definition) is 4. The first-order valence-corrected chi connectivity index (χ1v) is 9.08. The highest BCUT2D eigenvalue weighted by atomic mass is 19.4. The second-order valence-electron chi connectivity index (χ2n) is 6.74. The fourth-order valence-corrected chi connectivity index (χ4v) is 3.11. The molecule has 3 rings (SSSR count). The number of hydrogen-bond donors (Lipinski definition) is 0. The number of carbonyl (C=O) groups excluding carboxylic acids is 1. The van der Waals surface area contributed by atoms with Crippen LogP contribution in [-0.4, -0.2) is 42.9 Å². The Balaban J connectivity index is 1.70. The molecular formula is C21H21F3N2O3. The third-order valence-electron chi connectivity index (χ3n) is 4.51. The Kier molecular flexibility index (Phi) is 6.53. The van der Waals surface area contributed by atoms with E-state index in [4.69, 9.17) is 9.57 Å². The van der Waals surface area contributed by atoms with Crippen LogP contribution in [-0.2, 0) is 27.1 Å². The van der Waals surface area contributed by atoms with Crippen molar-refractivity contribution in [2.45, 2.75) is 25.2 Å². The van der Waals surface area contributed by atoms with Crippen LogP contribution in [0, 0.1) is 0 Å². The van der Waals surface area contributed by atoms with Gasteiger partial charge in [-0.2, -0.15) is 13.2 Å². The Morgan fingerprint density at radius 1 is 1.21 bits per heavy atom. The Bertz CT molecular complexity index is 869. The van der Waals surface area contributed by atoms with Gasteiger partial charge in [0, 0.05) is 20.1 Å². The minimum Gasteiger partial charge on any atom is -0.390 e. The van der Waals surface area contributed by atoms with Gasteiger partial charge in [0.1, 0.15) is 6.61 Å². The molecular weight excluding hydrogens is 385 g/mol. The zero-order valence-electron chi connectivity index (χ0n) is 15.9. The number of oxime groups is 1. The molecule has 1 aliphatic heterocycles. The van der Waals surface area contributed by atoms with E-state index in [1.165, 1.54) is 18.1 Å². The van der Waals surface area contributed by atoms with E-state index in [1.54, 1.807) is 6.07 Å². The zero-order valence-corrected chi connectivity index (χ0v) is 15.9. The number of amides is 1. The van der Waals surface area contributed by atoms with Crippen LogP contribution in [0.1, 0.15) is 23.1 Å². The predicted octanol–water partition coefficient (Wildman–Crippen LogP) is 3.87. The number of rotatable bonds is 7. The maximum atomic E-state index is 13.0. The van der Waals surface area contributed by atoms with Crippen LogP contribution in [0.25, 0.3) is 0 Å². The summed E-state index contributed by atoms with van der Waals surface area (Å²) in [4.78, 5) is 19.4. The topological polar surface area (TPSA) is 51.1 Å². The number of carbonyl (C=O) groups is 1. The van der Waals surface area contributed by atoms with Crippen molar-refractivity contribution in [1.29, 1.82) is 0 Å². The van der Waals surface area contributed by atoms with Gasteiger partial charge in [-0.25, -0.2) is 0 Å². The van der Waals surface area contributed by atoms with Gasteiger partial charge in [0.15, 0.2) is 6.10 Å². The molecule has 0 bridgehead atoms. The highest BCUT2D eigenvalue weighted by molar-refractivity contribution is 6.01. The van der Waals surface area contributed by atoms with Crippen molar-refractivity contribution < 1.29 is 27.5 Å². The number of alkyl halides is 3. The van der Waals surface area contributed by atoms with Crippen molar-refractivity contribution in [3.63, 3.8) is 0 Å². The molecule has 2 aromatic carbocycles. The summed E-state index contributed by atoms with van der Waals surface area (Å²) in [6.07, 6.45) is -4.31. The van der Waals surface area contributed by atoms with Gasteiger partial charge in [0.25, 0.3) is 0 Å². The summed E-state index contributed by atoms with van der Waals surface area (Å²) in [6.45, 7) is 0.0446. The summed E-state index contributed by atoms with van der Waals surface area (Å²) in [5, 5.41) is 4.10. The van der Waals surface area contributed by atoms with Crippen molar-refractivity contribution in [1.82, 2.24) is 4.90 Å². The molecule has 1 atom stereocenters. The van der Waals surface area contributed by atoms with Gasteiger partial charge in [-0.1, -0.05) is 47.6 Å². The third kappa shape index (κ3) is 5.57. The first kappa shape index (κ1) is 20.9. The summed E-state index contributed by atoms with van der Waals surface area (Å²) in [7, 11) is 1.39. The van der Waals surface area contributed by atoms with Gasteiger partial charge >= 0.3 is 6.18 Å². The van der Waals surface area contributed by atoms with E-state index in [0.717, 1.165) is 23.4 Å². The number of halogens is 3. The van der Waals surface area contributed by atoms with Crippen LogP contribution >= 0.6 is 0 Å². The summed E-state index contributed by atoms with van der Waals surface area (Å²) in [6, 6.07) is 14.5. The summed E-state index contributed by atoms with van der Waals surface area (Å²) in [5.74, 6) is -0.332. The summed E-state index contributed by atoms with van der Waals surface area (Å²) >= 11 is 0. The van der Waals surface area contributed by atoms with E-state index in [0.29, 0.717) is 12.0 Å². The molecule has 1 aliphatic rings. The molecule has 0 radical (unpaired) electrons. The minimum atomic E-state index is -4.44. The first-order valence-electron chi connectivity index (χ1n) is 9.08. The Morgan fingerprint density at radius 3 is 2.66 bits per heavy atom. The quantitative estimate of drug-likeness (QED) is 0.701. The number of benzene rings is 2. The lowest BCUT2D eigenvalue weighted by Gasteiger charge is -2.25. The predicted molar refractivity (Wildman–Crippen MR) is 101 cm³/mol. The average molecular weight is 406 g/mol. The lowest BCUT2D eigenvalue weighted by molar-refractivity contribution is -0.137. The average Bonchev–Trinajstić information content (AvgIpc) is 3.16. The van der Waals surface area contributed by atoms with Gasteiger partial charge in [0.05, 0.1) is 17.8 Å². The highest BCUT2D eigenvalue weighted by Crippen LogP contribution is 2.30. The van der Waals surface area contributed by atoms with Crippen LogP contribution in [0.5, 0.6) is 0 Å². The molecule has 0 saturated carbocycles. The number of nitrogens with zero attached hydrogens (tertiary/aromatic N) is 2. The molecule has 1 heterocycles. The molecule has 0 unspecified atom stereocenters. The van der Waals surface area contributed by atoms with E-state index < -0.39 is 11.7 Å². The van der Waals surface area contributed by atoms with Gasteiger partial charge in [-0.05, 0) is 23.3 Å². The van der Waals surface area contributed by atoms with Crippen LogP contribution in [0.15, 0.2) is 59.8 Å². The molecule has 5 nitrogen and oxygen atoms in total. The van der Waals surface area contributed by atoms with Crippen LogP contribution in [0.4, 0.5) is 13.2 Å². The molecule has 29 heavy (non-hydrogen) atoms. The Labute approximate surface area is 166 Å². The molecule has 0 spiro atoms. The summed E-state index contributed by atoms with van der Waals surface area (Å²) in [5.41, 5.74) is 1.34. The van der Waals surface area contributed by atoms with Crippen molar-refractivity contribution >= 4 is 11.6 Å². The number of ether oxygens (including phenoxy) is 1. The second kappa shape index (κ2) is 9.09. The van der Waals surface area contributed by atoms with Gasteiger partial charge in [0.2, 0.25) is 5.91 Å². The fraction of sp³-hybridized carbons (Fsp3) is 0.333. The molecule has 0 saturated heterocycles. The Morgan fingerprint density at radius 2 is 1.97 bits per heavy atom. The van der Waals surface area contributed by atoms with E-state index in [-0.39, 0.29) is 31.7 Å². The molecule has 0 N–H and O–H groups in total. The largest absolute Gasteiger partial charge is 0.416 e. The molecule has 0 aromatic heterocycles. The van der Waals surface area contributed by atoms with Crippen molar-refractivity contribution in [3.8, 4) is 0 Å². The number of methoxy groups -OCH3 is 1. The lowest BCUT2D eigenvalue weighted by atomic mass is 10.0. The monoisotopic (exact) mass is 406 g/mol. The molecule has 0 aliphatic carbocycles. The standard InChI is InChI=1S/C21H21F3N2O3/c1-28-14-20(27)26(12-15-6-5-9-17(10-15)21(22,23)24)13-18-11-19(25-29-18)16-7-3-2-4-8-16/h2-10,18H,11-14H2,1H3/t18-/m1/s1. The van der Waals surface area contributed by atoms with Crippen LogP contribution in [0.2, 0.25) is 0 Å². The minimum absolute atomic E-state index is 0.0205. The SMILES string of the molecule is COCC(=O)N(Cc1cccc(C(F)(F)F)c1)C[C@H]1CC(c2ccccc2)=NO1. The normalized spacial score (nSPS) is 16.3. The molecule has 2 aromatic rings. The van der Waals surface area contributed by atoms with E-state index in [1.807, 2.05) is 30.3 Å². The lowest BCUT2D eigenvalue weighted by Crippen LogP contribution is -2.39. The van der Waals surface area contributed by atoms with E-state index in [9.17, 15) is 18.0 Å². The van der Waals surface area contributed by atoms with Crippen molar-refractivity contribution in [2.75, 3.05) is 20.3 Å². The maximum Gasteiger partial charge on any atom is 0.416 e. The maximum absolute atomic E-state index is 13.0. The van der Waals surface area contributed by atoms with Gasteiger partial charge in [-0.3, -0.25) is 4.79 Å². The molecule has 154 valence electrons. The van der Waals surface area contributed by atoms with Crippen LogP contribution in [0.3, 0.4) is 0 Å². The van der Waals surface area contributed by atoms with E-state index >= 15 is 0 Å². The van der Waals surface area contributed by atoms with Gasteiger partial charge in [-0.15, -0.1) is 0 Å². The molecule has 0 fully saturated rings. The third-order valence-corrected chi connectivity index (χ3v) is 4.51. The molecule has 8 heteroatoms. The second-order valence-corrected chi connectivity index (χ2v) is 6.74. The highest BCUT2D eigenvalue weighted by Gasteiger charge is 2.31. The van der Waals surface area contributed by atoms with Crippen LogP contribution < -0.4 is 0 Å².